The van der Waals surface area contributed by atoms with Gasteiger partial charge in [-0.25, -0.2) is 0 Å². The summed E-state index contributed by atoms with van der Waals surface area (Å²) in [7, 11) is 0. The van der Waals surface area contributed by atoms with Crippen LogP contribution in [0.4, 0.5) is 0 Å². The zero-order chi connectivity index (χ0) is 12.8. The van der Waals surface area contributed by atoms with Crippen LogP contribution < -0.4 is 5.32 Å². The van der Waals surface area contributed by atoms with Crippen LogP contribution >= 0.6 is 0 Å². The third-order valence-corrected chi connectivity index (χ3v) is 5.29. The molecule has 2 saturated heterocycles. The first-order chi connectivity index (χ1) is 8.78. The second-order valence-electron chi connectivity index (χ2n) is 6.63. The summed E-state index contributed by atoms with van der Waals surface area (Å²) in [4.78, 5) is 2.77. The number of nitrogens with one attached hydrogen (secondary N) is 1. The van der Waals surface area contributed by atoms with Crippen molar-refractivity contribution in [2.45, 2.75) is 58.8 Å². The van der Waals surface area contributed by atoms with Crippen LogP contribution in [0.25, 0.3) is 0 Å². The maximum atomic E-state index is 3.53. The highest BCUT2D eigenvalue weighted by atomic mass is 15.1. The van der Waals surface area contributed by atoms with Gasteiger partial charge in [0.05, 0.1) is 0 Å². The molecule has 0 aromatic rings. The molecule has 0 radical (unpaired) electrons. The minimum absolute atomic E-state index is 0.638. The van der Waals surface area contributed by atoms with Gasteiger partial charge >= 0.3 is 0 Å². The standard InChI is InChI=1S/C16H32N2/c1-3-7-16(8-10-17-11-9-16)14-18-12-5-15(4-2)6-13-18/h15,17H,3-14H2,1-2H3. The largest absolute Gasteiger partial charge is 0.317 e. The lowest BCUT2D eigenvalue weighted by Gasteiger charge is -2.43. The van der Waals surface area contributed by atoms with Crippen LogP contribution in [0.15, 0.2) is 0 Å². The van der Waals surface area contributed by atoms with E-state index in [9.17, 15) is 0 Å². The molecule has 0 atom stereocenters. The number of hydrogen-bond acceptors (Lipinski definition) is 2. The van der Waals surface area contributed by atoms with Crippen molar-refractivity contribution in [1.29, 1.82) is 0 Å². The summed E-state index contributed by atoms with van der Waals surface area (Å²) in [6.45, 7) is 11.3. The van der Waals surface area contributed by atoms with E-state index < -0.39 is 0 Å². The summed E-state index contributed by atoms with van der Waals surface area (Å²) in [5, 5.41) is 3.53. The Labute approximate surface area is 114 Å². The van der Waals surface area contributed by atoms with Crippen molar-refractivity contribution in [3.63, 3.8) is 0 Å². The van der Waals surface area contributed by atoms with Gasteiger partial charge in [-0.1, -0.05) is 26.7 Å². The number of rotatable bonds is 5. The van der Waals surface area contributed by atoms with Gasteiger partial charge in [0.25, 0.3) is 0 Å². The van der Waals surface area contributed by atoms with E-state index in [2.05, 4.69) is 24.1 Å². The molecule has 0 spiro atoms. The van der Waals surface area contributed by atoms with E-state index in [1.54, 1.807) is 0 Å². The van der Waals surface area contributed by atoms with Crippen molar-refractivity contribution in [3.8, 4) is 0 Å². The number of nitrogens with zero attached hydrogens (tertiary/aromatic N) is 1. The maximum absolute atomic E-state index is 3.53. The second-order valence-corrected chi connectivity index (χ2v) is 6.63. The highest BCUT2D eigenvalue weighted by Gasteiger charge is 2.33. The van der Waals surface area contributed by atoms with Crippen LogP contribution in [0.2, 0.25) is 0 Å². The highest BCUT2D eigenvalue weighted by Crippen LogP contribution is 2.36. The van der Waals surface area contributed by atoms with Crippen LogP contribution in [-0.2, 0) is 0 Å². The molecule has 2 aliphatic heterocycles. The van der Waals surface area contributed by atoms with Crippen molar-refractivity contribution in [3.05, 3.63) is 0 Å². The van der Waals surface area contributed by atoms with Gasteiger partial charge in [0.1, 0.15) is 0 Å². The fourth-order valence-electron chi connectivity index (χ4n) is 4.00. The van der Waals surface area contributed by atoms with Gasteiger partial charge in [-0.2, -0.15) is 0 Å². The molecule has 0 unspecified atom stereocenters. The van der Waals surface area contributed by atoms with Crippen LogP contribution in [0.1, 0.15) is 58.8 Å². The van der Waals surface area contributed by atoms with Crippen molar-refractivity contribution in [2.75, 3.05) is 32.7 Å². The lowest BCUT2D eigenvalue weighted by atomic mass is 9.74. The average molecular weight is 252 g/mol. The smallest absolute Gasteiger partial charge is 0.00389 e. The van der Waals surface area contributed by atoms with Crippen molar-refractivity contribution >= 4 is 0 Å². The Hall–Kier alpha value is -0.0800. The molecule has 1 N–H and O–H groups in total. The van der Waals surface area contributed by atoms with Crippen LogP contribution in [0, 0.1) is 11.3 Å². The highest BCUT2D eigenvalue weighted by molar-refractivity contribution is 4.88. The second kappa shape index (κ2) is 6.91. The molecule has 0 bridgehead atoms. The molecule has 2 aliphatic rings. The normalized spacial score (nSPS) is 26.3. The molecule has 0 aromatic heterocycles. The van der Waals surface area contributed by atoms with Gasteiger partial charge in [-0.3, -0.25) is 0 Å². The number of likely N-dealkylation sites (tertiary alicyclic amines) is 1. The van der Waals surface area contributed by atoms with Crippen molar-refractivity contribution in [1.82, 2.24) is 10.2 Å². The molecule has 2 heterocycles. The van der Waals surface area contributed by atoms with E-state index in [0.29, 0.717) is 5.41 Å². The summed E-state index contributed by atoms with van der Waals surface area (Å²) in [6.07, 6.45) is 9.85. The minimum atomic E-state index is 0.638. The minimum Gasteiger partial charge on any atom is -0.317 e. The van der Waals surface area contributed by atoms with E-state index in [4.69, 9.17) is 0 Å². The first-order valence-electron chi connectivity index (χ1n) is 8.21. The van der Waals surface area contributed by atoms with Crippen LogP contribution in [-0.4, -0.2) is 37.6 Å². The summed E-state index contributed by atoms with van der Waals surface area (Å²) in [5.41, 5.74) is 0.638. The van der Waals surface area contributed by atoms with Crippen molar-refractivity contribution in [2.24, 2.45) is 11.3 Å². The Balaban J connectivity index is 1.85. The van der Waals surface area contributed by atoms with Gasteiger partial charge < -0.3 is 10.2 Å². The summed E-state index contributed by atoms with van der Waals surface area (Å²) in [5.74, 6) is 1.01. The Kier molecular flexibility index (Phi) is 5.50. The Bertz CT molecular complexity index is 220. The molecule has 2 heteroatoms. The molecular weight excluding hydrogens is 220 g/mol. The Morgan fingerprint density at radius 1 is 1.11 bits per heavy atom. The maximum Gasteiger partial charge on any atom is 0.00389 e. The molecule has 2 fully saturated rings. The van der Waals surface area contributed by atoms with Gasteiger partial charge in [0.2, 0.25) is 0 Å². The molecule has 0 saturated carbocycles. The molecule has 106 valence electrons. The molecule has 2 rings (SSSR count). The van der Waals surface area contributed by atoms with E-state index in [-0.39, 0.29) is 0 Å². The topological polar surface area (TPSA) is 15.3 Å². The number of hydrogen-bond donors (Lipinski definition) is 1. The molecule has 18 heavy (non-hydrogen) atoms. The van der Waals surface area contributed by atoms with E-state index in [0.717, 1.165) is 5.92 Å². The molecule has 0 aromatic carbocycles. The third-order valence-electron chi connectivity index (χ3n) is 5.29. The summed E-state index contributed by atoms with van der Waals surface area (Å²) < 4.78 is 0. The molecule has 2 nitrogen and oxygen atoms in total. The van der Waals surface area contributed by atoms with E-state index >= 15 is 0 Å². The van der Waals surface area contributed by atoms with Crippen LogP contribution in [0.5, 0.6) is 0 Å². The number of piperidine rings is 2. The lowest BCUT2D eigenvalue weighted by Crippen LogP contribution is -2.46. The quantitative estimate of drug-likeness (QED) is 0.808. The molecular formula is C16H32N2. The Morgan fingerprint density at radius 3 is 2.33 bits per heavy atom. The van der Waals surface area contributed by atoms with Gasteiger partial charge in [0.15, 0.2) is 0 Å². The molecule has 0 aliphatic carbocycles. The average Bonchev–Trinajstić information content (AvgIpc) is 2.41. The van der Waals surface area contributed by atoms with Gasteiger partial charge in [-0.05, 0) is 69.6 Å². The molecule has 0 amide bonds. The fraction of sp³-hybridized carbons (Fsp3) is 1.00. The first kappa shape index (κ1) is 14.3. The summed E-state index contributed by atoms with van der Waals surface area (Å²) >= 11 is 0. The lowest BCUT2D eigenvalue weighted by molar-refractivity contribution is 0.0757. The zero-order valence-electron chi connectivity index (χ0n) is 12.5. The van der Waals surface area contributed by atoms with Gasteiger partial charge in [0, 0.05) is 6.54 Å². The van der Waals surface area contributed by atoms with E-state index in [1.807, 2.05) is 0 Å². The SMILES string of the molecule is CCCC1(CN2CCC(CC)CC2)CCNCC1. The fourth-order valence-corrected chi connectivity index (χ4v) is 4.00. The predicted molar refractivity (Wildman–Crippen MR) is 78.9 cm³/mol. The zero-order valence-corrected chi connectivity index (χ0v) is 12.5. The Morgan fingerprint density at radius 2 is 1.78 bits per heavy atom. The van der Waals surface area contributed by atoms with Crippen LogP contribution in [0.3, 0.4) is 0 Å². The monoisotopic (exact) mass is 252 g/mol. The van der Waals surface area contributed by atoms with Crippen molar-refractivity contribution < 1.29 is 0 Å². The van der Waals surface area contributed by atoms with E-state index in [1.165, 1.54) is 77.7 Å². The predicted octanol–water partition coefficient (Wildman–Crippen LogP) is 3.28. The van der Waals surface area contributed by atoms with Gasteiger partial charge in [-0.15, -0.1) is 0 Å². The summed E-state index contributed by atoms with van der Waals surface area (Å²) in [6, 6.07) is 0. The third kappa shape index (κ3) is 3.71. The first-order valence-corrected chi connectivity index (χ1v) is 8.21.